The summed E-state index contributed by atoms with van der Waals surface area (Å²) in [5, 5.41) is 11.7. The topological polar surface area (TPSA) is 64.7 Å². The summed E-state index contributed by atoms with van der Waals surface area (Å²) in [7, 11) is 0. The summed E-state index contributed by atoms with van der Waals surface area (Å²) in [6, 6.07) is 6.29. The first-order chi connectivity index (χ1) is 12.4. The molecule has 0 aliphatic heterocycles. The normalized spacial score (nSPS) is 11.0. The van der Waals surface area contributed by atoms with Crippen molar-refractivity contribution in [2.75, 3.05) is 5.32 Å². The Morgan fingerprint density at radius 3 is 2.54 bits per heavy atom. The lowest BCUT2D eigenvalue weighted by atomic mass is 10.2. The monoisotopic (exact) mass is 419 g/mol. The maximum Gasteiger partial charge on any atom is 0.277 e. The van der Waals surface area contributed by atoms with Crippen molar-refractivity contribution in [3.63, 3.8) is 0 Å². The van der Waals surface area contributed by atoms with Crippen LogP contribution in [-0.2, 0) is 13.1 Å². The summed E-state index contributed by atoms with van der Waals surface area (Å²) in [5.41, 5.74) is 3.46. The van der Waals surface area contributed by atoms with E-state index in [4.69, 9.17) is 0 Å². The summed E-state index contributed by atoms with van der Waals surface area (Å²) >= 11 is 3.37. The van der Waals surface area contributed by atoms with Gasteiger partial charge in [-0.1, -0.05) is 12.1 Å². The molecule has 6 nitrogen and oxygen atoms in total. The van der Waals surface area contributed by atoms with Crippen LogP contribution in [0.15, 0.2) is 34.9 Å². The first-order valence-corrected chi connectivity index (χ1v) is 9.01. The number of hydrogen-bond donors (Lipinski definition) is 1. The van der Waals surface area contributed by atoms with Gasteiger partial charge in [-0.05, 0) is 54.4 Å². The van der Waals surface area contributed by atoms with Crippen molar-refractivity contribution in [3.05, 3.63) is 63.4 Å². The highest BCUT2D eigenvalue weighted by molar-refractivity contribution is 9.10. The molecule has 136 valence electrons. The number of carbonyl (C=O) groups is 1. The Kier molecular flexibility index (Phi) is 5.22. The highest BCUT2D eigenvalue weighted by atomic mass is 79.9. The Bertz CT molecular complexity index is 945. The van der Waals surface area contributed by atoms with Gasteiger partial charge in [0.05, 0.1) is 28.1 Å². The van der Waals surface area contributed by atoms with Crippen LogP contribution in [0.2, 0.25) is 0 Å². The first-order valence-electron chi connectivity index (χ1n) is 8.21. The number of halogens is 2. The number of rotatable bonds is 5. The molecule has 1 N–H and O–H groups in total. The van der Waals surface area contributed by atoms with Crippen LogP contribution < -0.4 is 5.32 Å². The van der Waals surface area contributed by atoms with Crippen molar-refractivity contribution < 1.29 is 9.18 Å². The molecule has 2 aromatic heterocycles. The smallest absolute Gasteiger partial charge is 0.277 e. The zero-order valence-corrected chi connectivity index (χ0v) is 16.3. The van der Waals surface area contributed by atoms with Crippen molar-refractivity contribution in [1.82, 2.24) is 19.6 Å². The summed E-state index contributed by atoms with van der Waals surface area (Å²) in [5.74, 6) is -0.566. The molecule has 0 atom stereocenters. The fourth-order valence-corrected chi connectivity index (χ4v) is 3.18. The minimum absolute atomic E-state index is 0.271. The van der Waals surface area contributed by atoms with Gasteiger partial charge in [0.2, 0.25) is 0 Å². The van der Waals surface area contributed by atoms with Gasteiger partial charge < -0.3 is 5.32 Å². The number of anilines is 1. The minimum atomic E-state index is -0.295. The van der Waals surface area contributed by atoms with E-state index in [1.807, 2.05) is 20.8 Å². The zero-order valence-electron chi connectivity index (χ0n) is 14.8. The quantitative estimate of drug-likeness (QED) is 0.681. The van der Waals surface area contributed by atoms with E-state index in [1.165, 1.54) is 12.1 Å². The second-order valence-corrected chi connectivity index (χ2v) is 6.82. The van der Waals surface area contributed by atoms with Gasteiger partial charge in [-0.3, -0.25) is 14.2 Å². The van der Waals surface area contributed by atoms with Gasteiger partial charge in [0.15, 0.2) is 5.69 Å². The molecule has 1 amide bonds. The third kappa shape index (κ3) is 3.70. The molecule has 3 aromatic rings. The molecule has 26 heavy (non-hydrogen) atoms. The highest BCUT2D eigenvalue weighted by Crippen LogP contribution is 2.23. The molecule has 1 aromatic carbocycles. The molecule has 0 saturated carbocycles. The summed E-state index contributed by atoms with van der Waals surface area (Å²) < 4.78 is 17.2. The Balaban J connectivity index is 1.82. The number of hydrogen-bond acceptors (Lipinski definition) is 3. The molecule has 2 heterocycles. The van der Waals surface area contributed by atoms with Crippen LogP contribution in [-0.4, -0.2) is 25.5 Å². The fraction of sp³-hybridized carbons (Fsp3) is 0.278. The maximum absolute atomic E-state index is 13.1. The van der Waals surface area contributed by atoms with Gasteiger partial charge in [0.25, 0.3) is 5.91 Å². The highest BCUT2D eigenvalue weighted by Gasteiger charge is 2.19. The van der Waals surface area contributed by atoms with Crippen molar-refractivity contribution in [3.8, 4) is 0 Å². The molecule has 0 fully saturated rings. The summed E-state index contributed by atoms with van der Waals surface area (Å²) in [6.07, 6.45) is 1.77. The average Bonchev–Trinajstić information content (AvgIpc) is 3.12. The van der Waals surface area contributed by atoms with Gasteiger partial charge in [0, 0.05) is 12.7 Å². The number of nitrogens with one attached hydrogen (secondary N) is 1. The second-order valence-electron chi connectivity index (χ2n) is 5.97. The van der Waals surface area contributed by atoms with E-state index in [0.717, 1.165) is 11.3 Å². The molecule has 0 aliphatic carbocycles. The van der Waals surface area contributed by atoms with Crippen LogP contribution >= 0.6 is 15.9 Å². The van der Waals surface area contributed by atoms with Gasteiger partial charge in [-0.15, -0.1) is 0 Å². The van der Waals surface area contributed by atoms with Crippen LogP contribution in [0.3, 0.4) is 0 Å². The number of benzene rings is 1. The van der Waals surface area contributed by atoms with Gasteiger partial charge in [-0.2, -0.15) is 10.2 Å². The number of amides is 1. The van der Waals surface area contributed by atoms with Crippen molar-refractivity contribution in [2.45, 2.75) is 33.9 Å². The van der Waals surface area contributed by atoms with E-state index in [9.17, 15) is 9.18 Å². The largest absolute Gasteiger partial charge is 0.317 e. The molecule has 0 saturated heterocycles. The Morgan fingerprint density at radius 1 is 1.23 bits per heavy atom. The Labute approximate surface area is 159 Å². The number of nitrogens with zero attached hydrogens (tertiary/aromatic N) is 4. The lowest BCUT2D eigenvalue weighted by Crippen LogP contribution is -2.15. The van der Waals surface area contributed by atoms with Gasteiger partial charge >= 0.3 is 0 Å². The van der Waals surface area contributed by atoms with E-state index in [1.54, 1.807) is 27.7 Å². The standard InChI is InChI=1S/C18H19BrFN5O/c1-4-24-10-15(19)17(23-24)18(26)21-16-11(2)22-25(12(16)3)9-13-5-7-14(20)8-6-13/h5-8,10H,4,9H2,1-3H3,(H,21,26). The molecule has 0 radical (unpaired) electrons. The SMILES string of the molecule is CCn1cc(Br)c(C(=O)Nc2c(C)nn(Cc3ccc(F)cc3)c2C)n1. The van der Waals surface area contributed by atoms with Crippen molar-refractivity contribution in [2.24, 2.45) is 0 Å². The van der Waals surface area contributed by atoms with Crippen LogP contribution in [0.25, 0.3) is 0 Å². The molecule has 8 heteroatoms. The van der Waals surface area contributed by atoms with Crippen molar-refractivity contribution in [1.29, 1.82) is 0 Å². The van der Waals surface area contributed by atoms with Gasteiger partial charge in [-0.25, -0.2) is 4.39 Å². The number of carbonyl (C=O) groups excluding carboxylic acids is 1. The fourth-order valence-electron chi connectivity index (χ4n) is 2.68. The maximum atomic E-state index is 13.1. The van der Waals surface area contributed by atoms with Gasteiger partial charge in [0.1, 0.15) is 5.82 Å². The molecule has 0 unspecified atom stereocenters. The third-order valence-corrected chi connectivity index (χ3v) is 4.70. The molecular weight excluding hydrogens is 401 g/mol. The molecule has 0 bridgehead atoms. The van der Waals surface area contributed by atoms with Crippen molar-refractivity contribution >= 4 is 27.5 Å². The van der Waals surface area contributed by atoms with E-state index < -0.39 is 0 Å². The van der Waals surface area contributed by atoms with Crippen LogP contribution in [0.1, 0.15) is 34.4 Å². The van der Waals surface area contributed by atoms with E-state index in [2.05, 4.69) is 31.4 Å². The predicted octanol–water partition coefficient (Wildman–Crippen LogP) is 3.92. The molecular formula is C18H19BrFN5O. The molecule has 0 aliphatic rings. The predicted molar refractivity (Wildman–Crippen MR) is 101 cm³/mol. The van der Waals surface area contributed by atoms with E-state index in [0.29, 0.717) is 34.6 Å². The Hall–Kier alpha value is -2.48. The van der Waals surface area contributed by atoms with Crippen LogP contribution in [0.4, 0.5) is 10.1 Å². The lowest BCUT2D eigenvalue weighted by molar-refractivity contribution is 0.102. The van der Waals surface area contributed by atoms with E-state index >= 15 is 0 Å². The molecule has 0 spiro atoms. The zero-order chi connectivity index (χ0) is 18.8. The second kappa shape index (κ2) is 7.41. The van der Waals surface area contributed by atoms with Crippen LogP contribution in [0, 0.1) is 19.7 Å². The summed E-state index contributed by atoms with van der Waals surface area (Å²) in [6.45, 7) is 6.85. The third-order valence-electron chi connectivity index (χ3n) is 4.12. The summed E-state index contributed by atoms with van der Waals surface area (Å²) in [4.78, 5) is 12.6. The molecule has 3 rings (SSSR count). The van der Waals surface area contributed by atoms with E-state index in [-0.39, 0.29) is 11.7 Å². The van der Waals surface area contributed by atoms with Crippen LogP contribution in [0.5, 0.6) is 0 Å². The first kappa shape index (κ1) is 18.3. The minimum Gasteiger partial charge on any atom is -0.317 e. The number of aryl methyl sites for hydroxylation is 2. The average molecular weight is 420 g/mol. The number of aromatic nitrogens is 4. The lowest BCUT2D eigenvalue weighted by Gasteiger charge is -2.07. The Morgan fingerprint density at radius 2 is 1.92 bits per heavy atom.